The molecule has 1 unspecified atom stereocenters. The minimum Gasteiger partial charge on any atom is -0.332 e. The Labute approximate surface area is 75.5 Å². The molecule has 1 heterocycles. The molecule has 0 N–H and O–H groups in total. The number of hydrogen-bond donors (Lipinski definition) is 0. The zero-order valence-electron chi connectivity index (χ0n) is 6.88. The molecular formula is C7H13BrN2O. The van der Waals surface area contributed by atoms with E-state index in [9.17, 15) is 4.79 Å². The molecule has 0 saturated carbocycles. The number of likely N-dealkylation sites (tertiary alicyclic amines) is 1. The van der Waals surface area contributed by atoms with Crippen molar-refractivity contribution in [3.05, 3.63) is 0 Å². The second-order valence-electron chi connectivity index (χ2n) is 3.07. The fourth-order valence-corrected chi connectivity index (χ4v) is 1.66. The van der Waals surface area contributed by atoms with Crippen LogP contribution in [-0.4, -0.2) is 47.8 Å². The maximum atomic E-state index is 10.9. The van der Waals surface area contributed by atoms with Crippen LogP contribution in [0.5, 0.6) is 0 Å². The molecule has 11 heavy (non-hydrogen) atoms. The standard InChI is InChI=1S/C7H13BrN2O/c1-9-4-3-6(5-9)10(2)7(8)11/h6H,3-5H2,1-2H3. The predicted molar refractivity (Wildman–Crippen MR) is 48.0 cm³/mol. The third-order valence-electron chi connectivity index (χ3n) is 2.19. The summed E-state index contributed by atoms with van der Waals surface area (Å²) in [5, 5.41) is 0. The van der Waals surface area contributed by atoms with Gasteiger partial charge in [0.05, 0.1) is 0 Å². The van der Waals surface area contributed by atoms with Gasteiger partial charge in [-0.2, -0.15) is 0 Å². The van der Waals surface area contributed by atoms with Crippen LogP contribution in [0.15, 0.2) is 0 Å². The van der Waals surface area contributed by atoms with Crippen LogP contribution in [0.4, 0.5) is 4.79 Å². The minimum atomic E-state index is -0.0159. The van der Waals surface area contributed by atoms with Crippen molar-refractivity contribution in [3.63, 3.8) is 0 Å². The van der Waals surface area contributed by atoms with Crippen molar-refractivity contribution in [2.24, 2.45) is 0 Å². The van der Waals surface area contributed by atoms with Gasteiger partial charge >= 0.3 is 0 Å². The Morgan fingerprint density at radius 3 is 2.73 bits per heavy atom. The van der Waals surface area contributed by atoms with Crippen molar-refractivity contribution in [2.75, 3.05) is 27.2 Å². The van der Waals surface area contributed by atoms with E-state index in [4.69, 9.17) is 0 Å². The van der Waals surface area contributed by atoms with E-state index in [1.807, 2.05) is 7.05 Å². The Bertz CT molecular complexity index is 163. The third-order valence-corrected chi connectivity index (χ3v) is 2.75. The molecule has 0 aromatic rings. The Hall–Kier alpha value is -0.0900. The van der Waals surface area contributed by atoms with Crippen molar-refractivity contribution in [1.82, 2.24) is 9.80 Å². The highest BCUT2D eigenvalue weighted by Crippen LogP contribution is 2.14. The van der Waals surface area contributed by atoms with Gasteiger partial charge < -0.3 is 9.80 Å². The van der Waals surface area contributed by atoms with Gasteiger partial charge in [-0.15, -0.1) is 0 Å². The topological polar surface area (TPSA) is 23.6 Å². The maximum Gasteiger partial charge on any atom is 0.289 e. The van der Waals surface area contributed by atoms with Crippen LogP contribution in [0.1, 0.15) is 6.42 Å². The van der Waals surface area contributed by atoms with Crippen LogP contribution in [0.2, 0.25) is 0 Å². The first-order chi connectivity index (χ1) is 5.11. The summed E-state index contributed by atoms with van der Waals surface area (Å²) in [5.74, 6) is 0. The Kier molecular flexibility index (Phi) is 2.90. The molecule has 1 aliphatic heterocycles. The van der Waals surface area contributed by atoms with E-state index in [0.717, 1.165) is 19.5 Å². The monoisotopic (exact) mass is 220 g/mol. The number of rotatable bonds is 1. The van der Waals surface area contributed by atoms with Crippen LogP contribution in [-0.2, 0) is 0 Å². The summed E-state index contributed by atoms with van der Waals surface area (Å²) in [7, 11) is 3.91. The summed E-state index contributed by atoms with van der Waals surface area (Å²) in [4.78, 5) is 14.8. The van der Waals surface area contributed by atoms with Crippen molar-refractivity contribution in [3.8, 4) is 0 Å². The van der Waals surface area contributed by atoms with Crippen molar-refractivity contribution in [1.29, 1.82) is 0 Å². The van der Waals surface area contributed by atoms with Crippen LogP contribution in [0.25, 0.3) is 0 Å². The Morgan fingerprint density at radius 1 is 1.73 bits per heavy atom. The first kappa shape index (κ1) is 9.00. The average molecular weight is 221 g/mol. The van der Waals surface area contributed by atoms with Crippen LogP contribution < -0.4 is 0 Å². The number of hydrogen-bond acceptors (Lipinski definition) is 2. The molecule has 1 rings (SSSR count). The Morgan fingerprint density at radius 2 is 2.36 bits per heavy atom. The number of halogens is 1. The van der Waals surface area contributed by atoms with Gasteiger partial charge in [-0.05, 0) is 20.0 Å². The predicted octanol–water partition coefficient (Wildman–Crippen LogP) is 1.14. The normalized spacial score (nSPS) is 25.5. The molecule has 3 nitrogen and oxygen atoms in total. The van der Waals surface area contributed by atoms with Gasteiger partial charge in [0.25, 0.3) is 4.82 Å². The van der Waals surface area contributed by atoms with Gasteiger partial charge in [0.1, 0.15) is 0 Å². The number of likely N-dealkylation sites (N-methyl/N-ethyl adjacent to an activating group) is 2. The number of nitrogens with zero attached hydrogens (tertiary/aromatic N) is 2. The van der Waals surface area contributed by atoms with E-state index in [2.05, 4.69) is 27.9 Å². The Balaban J connectivity index is 2.43. The van der Waals surface area contributed by atoms with E-state index in [0.29, 0.717) is 6.04 Å². The summed E-state index contributed by atoms with van der Waals surface area (Å²) in [5.41, 5.74) is 0. The van der Waals surface area contributed by atoms with Crippen molar-refractivity contribution < 1.29 is 4.79 Å². The van der Waals surface area contributed by atoms with E-state index >= 15 is 0 Å². The van der Waals surface area contributed by atoms with Gasteiger partial charge in [0, 0.05) is 35.6 Å². The molecule has 1 fully saturated rings. The first-order valence-corrected chi connectivity index (χ1v) is 4.51. The summed E-state index contributed by atoms with van der Waals surface area (Å²) in [6, 6.07) is 0.395. The zero-order chi connectivity index (χ0) is 8.43. The fraction of sp³-hybridized carbons (Fsp3) is 0.857. The first-order valence-electron chi connectivity index (χ1n) is 3.72. The number of carbonyl (C=O) groups excluding carboxylic acids is 1. The second-order valence-corrected chi connectivity index (χ2v) is 3.75. The zero-order valence-corrected chi connectivity index (χ0v) is 8.47. The molecule has 4 heteroatoms. The van der Waals surface area contributed by atoms with E-state index in [1.165, 1.54) is 0 Å². The average Bonchev–Trinajstić information content (AvgIpc) is 2.34. The minimum absolute atomic E-state index is 0.0159. The molecule has 0 radical (unpaired) electrons. The lowest BCUT2D eigenvalue weighted by molar-refractivity contribution is 0.217. The van der Waals surface area contributed by atoms with E-state index in [1.54, 1.807) is 4.90 Å². The third kappa shape index (κ3) is 2.17. The lowest BCUT2D eigenvalue weighted by atomic mass is 10.2. The molecule has 0 spiro atoms. The molecule has 1 amide bonds. The molecule has 0 aromatic heterocycles. The van der Waals surface area contributed by atoms with Crippen LogP contribution in [0, 0.1) is 0 Å². The largest absolute Gasteiger partial charge is 0.332 e. The highest BCUT2D eigenvalue weighted by Gasteiger charge is 2.24. The van der Waals surface area contributed by atoms with Gasteiger partial charge in [0.2, 0.25) is 0 Å². The highest BCUT2D eigenvalue weighted by molar-refractivity contribution is 9.18. The summed E-state index contributed by atoms with van der Waals surface area (Å²) in [6.07, 6.45) is 1.09. The van der Waals surface area contributed by atoms with E-state index < -0.39 is 0 Å². The smallest absolute Gasteiger partial charge is 0.289 e. The molecule has 1 aliphatic rings. The maximum absolute atomic E-state index is 10.9. The SMILES string of the molecule is CN1CCC(N(C)C(=O)Br)C1. The van der Waals surface area contributed by atoms with Crippen LogP contribution >= 0.6 is 15.9 Å². The van der Waals surface area contributed by atoms with Crippen LogP contribution in [0.3, 0.4) is 0 Å². The van der Waals surface area contributed by atoms with Crippen molar-refractivity contribution in [2.45, 2.75) is 12.5 Å². The molecule has 1 atom stereocenters. The summed E-state index contributed by atoms with van der Waals surface area (Å²) < 4.78 is 0. The van der Waals surface area contributed by atoms with Gasteiger partial charge in [-0.3, -0.25) is 4.79 Å². The summed E-state index contributed by atoms with van der Waals surface area (Å²) >= 11 is 2.94. The summed E-state index contributed by atoms with van der Waals surface area (Å²) in [6.45, 7) is 2.09. The lowest BCUT2D eigenvalue weighted by Gasteiger charge is -2.21. The molecule has 1 saturated heterocycles. The van der Waals surface area contributed by atoms with Crippen molar-refractivity contribution >= 4 is 20.7 Å². The highest BCUT2D eigenvalue weighted by atomic mass is 79.9. The number of carbonyl (C=O) groups is 1. The lowest BCUT2D eigenvalue weighted by Crippen LogP contribution is -2.35. The van der Waals surface area contributed by atoms with Gasteiger partial charge in [0.15, 0.2) is 0 Å². The fourth-order valence-electron chi connectivity index (χ4n) is 1.37. The molecule has 64 valence electrons. The molecular weight excluding hydrogens is 208 g/mol. The second kappa shape index (κ2) is 3.54. The quantitative estimate of drug-likeness (QED) is 0.489. The molecule has 0 aromatic carbocycles. The van der Waals surface area contributed by atoms with Gasteiger partial charge in [-0.25, -0.2) is 0 Å². The molecule has 0 bridgehead atoms. The van der Waals surface area contributed by atoms with E-state index in [-0.39, 0.29) is 4.82 Å². The molecule has 0 aliphatic carbocycles. The number of amides is 1. The van der Waals surface area contributed by atoms with Gasteiger partial charge in [-0.1, -0.05) is 0 Å².